The first kappa shape index (κ1) is 16.5. The quantitative estimate of drug-likeness (QED) is 0.262. The normalized spacial score (nSPS) is 5.67. The van der Waals surface area contributed by atoms with Crippen molar-refractivity contribution in [3.63, 3.8) is 0 Å². The number of hydrogen-bond acceptors (Lipinski definition) is 4. The van der Waals surface area contributed by atoms with Crippen molar-refractivity contribution in [2.24, 2.45) is 0 Å². The van der Waals surface area contributed by atoms with Crippen LogP contribution in [0.1, 0.15) is 0 Å². The summed E-state index contributed by atoms with van der Waals surface area (Å²) in [6, 6.07) is 0. The van der Waals surface area contributed by atoms with Crippen molar-refractivity contribution >= 4 is 24.9 Å². The molecule has 0 fully saturated rings. The first-order valence-corrected chi connectivity index (χ1v) is 2.09. The molecular weight excluding hydrogens is 176 g/mol. The lowest BCUT2D eigenvalue weighted by molar-refractivity contribution is -0.159. The monoisotopic (exact) mass is 182 g/mol. The van der Waals surface area contributed by atoms with Gasteiger partial charge in [-0.3, -0.25) is 9.59 Å². The van der Waals surface area contributed by atoms with Gasteiger partial charge in [0.25, 0.3) is 12.9 Å². The van der Waals surface area contributed by atoms with Gasteiger partial charge in [0.05, 0.1) is 0 Å². The third-order valence-electron chi connectivity index (χ3n) is 0.183. The molecule has 0 heterocycles. The highest BCUT2D eigenvalue weighted by molar-refractivity contribution is 6.27. The van der Waals surface area contributed by atoms with E-state index in [1.165, 1.54) is 0 Å². The smallest absolute Gasteiger partial charge is 0.414 e. The lowest BCUT2D eigenvalue weighted by Crippen LogP contribution is -2.09. The molecule has 4 N–H and O–H groups in total. The molecule has 0 aliphatic heterocycles. The fraction of sp³-hybridized carbons (Fsp3) is 0. The highest BCUT2D eigenvalue weighted by Gasteiger charge is 2.04. The van der Waals surface area contributed by atoms with E-state index in [2.05, 4.69) is 0 Å². The molecule has 0 spiro atoms. The molecule has 0 amide bonds. The summed E-state index contributed by atoms with van der Waals surface area (Å²) in [4.78, 5) is 34.9. The Balaban J connectivity index is -0.000000115. The number of hydrogen-bond donors (Lipinski definition) is 4. The maximum atomic E-state index is 9.10. The van der Waals surface area contributed by atoms with Crippen LogP contribution in [0, 0.1) is 0 Å². The van der Waals surface area contributed by atoms with E-state index in [1.54, 1.807) is 0 Å². The minimum Gasteiger partial charge on any atom is -0.483 e. The molecule has 0 aromatic heterocycles. The Morgan fingerprint density at radius 3 is 0.917 bits per heavy atom. The fourth-order valence-electron chi connectivity index (χ4n) is 0. The minimum absolute atomic E-state index is 0.250. The van der Waals surface area contributed by atoms with Crippen LogP contribution >= 0.6 is 0 Å². The van der Waals surface area contributed by atoms with Gasteiger partial charge in [-0.05, 0) is 0 Å². The number of carboxylic acid groups (broad SMARTS) is 4. The van der Waals surface area contributed by atoms with E-state index in [1.807, 2.05) is 0 Å². The second kappa shape index (κ2) is 15.9. The zero-order valence-electron chi connectivity index (χ0n) is 5.58. The zero-order valence-corrected chi connectivity index (χ0v) is 5.58. The summed E-state index contributed by atoms with van der Waals surface area (Å²) in [7, 11) is 0. The van der Waals surface area contributed by atoms with Gasteiger partial charge in [0.15, 0.2) is 0 Å². The van der Waals surface area contributed by atoms with Crippen molar-refractivity contribution in [3.05, 3.63) is 0 Å². The molecule has 8 nitrogen and oxygen atoms in total. The van der Waals surface area contributed by atoms with Gasteiger partial charge < -0.3 is 20.4 Å². The van der Waals surface area contributed by atoms with Crippen LogP contribution < -0.4 is 0 Å². The summed E-state index contributed by atoms with van der Waals surface area (Å²) in [5.74, 6) is -3.65. The van der Waals surface area contributed by atoms with E-state index in [9.17, 15) is 0 Å². The van der Waals surface area contributed by atoms with Gasteiger partial charge in [-0.25, -0.2) is 9.59 Å². The third kappa shape index (κ3) is 106. The average Bonchev–Trinajstić information content (AvgIpc) is 1.90. The number of carboxylic acids is 2. The first-order chi connectivity index (χ1) is 5.47. The topological polar surface area (TPSA) is 149 Å². The molecule has 0 aromatic carbocycles. The third-order valence-corrected chi connectivity index (χ3v) is 0.183. The van der Waals surface area contributed by atoms with Gasteiger partial charge in [-0.2, -0.15) is 0 Å². The van der Waals surface area contributed by atoms with Crippen LogP contribution in [0.5, 0.6) is 0 Å². The maximum absolute atomic E-state index is 9.10. The van der Waals surface area contributed by atoms with E-state index in [0.717, 1.165) is 0 Å². The van der Waals surface area contributed by atoms with Crippen molar-refractivity contribution in [1.82, 2.24) is 0 Å². The van der Waals surface area contributed by atoms with E-state index in [0.29, 0.717) is 0 Å². The van der Waals surface area contributed by atoms with Crippen LogP contribution in [-0.4, -0.2) is 45.3 Å². The molecule has 0 unspecified atom stereocenters. The molecule has 8 heteroatoms. The Morgan fingerprint density at radius 2 is 0.917 bits per heavy atom. The molecule has 0 bridgehead atoms. The van der Waals surface area contributed by atoms with Crippen molar-refractivity contribution in [2.45, 2.75) is 0 Å². The Bertz CT molecular complexity index is 131. The van der Waals surface area contributed by atoms with Crippen LogP contribution in [-0.2, 0) is 19.2 Å². The van der Waals surface area contributed by atoms with E-state index in [-0.39, 0.29) is 12.9 Å². The summed E-state index contributed by atoms with van der Waals surface area (Å²) < 4.78 is 0. The largest absolute Gasteiger partial charge is 0.483 e. The Labute approximate surface area is 65.7 Å². The lowest BCUT2D eigenvalue weighted by atomic mass is 10.7. The SMILES string of the molecule is O=C(O)C(=O)O.O=CO.O=CO. The molecule has 12 heavy (non-hydrogen) atoms. The molecule has 0 saturated heterocycles. The molecule has 0 saturated carbocycles. The molecule has 0 aliphatic carbocycles. The van der Waals surface area contributed by atoms with Crippen LogP contribution in [0.25, 0.3) is 0 Å². The molecule has 0 radical (unpaired) electrons. The molecule has 0 atom stereocenters. The van der Waals surface area contributed by atoms with Gasteiger partial charge in [0.2, 0.25) is 0 Å². The van der Waals surface area contributed by atoms with Crippen molar-refractivity contribution in [3.8, 4) is 0 Å². The maximum Gasteiger partial charge on any atom is 0.414 e. The Kier molecular flexibility index (Phi) is 21.9. The van der Waals surface area contributed by atoms with E-state index >= 15 is 0 Å². The second-order valence-electron chi connectivity index (χ2n) is 0.821. The van der Waals surface area contributed by atoms with Crippen molar-refractivity contribution in [1.29, 1.82) is 0 Å². The van der Waals surface area contributed by atoms with Gasteiger partial charge in [0.1, 0.15) is 0 Å². The molecular formula is C4H6O8. The zero-order chi connectivity index (χ0) is 10.6. The molecule has 70 valence electrons. The predicted octanol–water partition coefficient (Wildman–Crippen LogP) is -1.44. The number of rotatable bonds is 0. The standard InChI is InChI=1S/C2H2O4.2CH2O2/c3-1(4)2(5)6;2*2-1-3/h(H,3,4)(H,5,6);2*1H,(H,2,3). The summed E-state index contributed by atoms with van der Waals surface area (Å²) in [5.41, 5.74) is 0. The highest BCUT2D eigenvalue weighted by atomic mass is 16.4. The summed E-state index contributed by atoms with van der Waals surface area (Å²) in [6.07, 6.45) is 0. The van der Waals surface area contributed by atoms with Gasteiger partial charge >= 0.3 is 11.9 Å². The summed E-state index contributed by atoms with van der Waals surface area (Å²) >= 11 is 0. The van der Waals surface area contributed by atoms with Gasteiger partial charge in [0, 0.05) is 0 Å². The fourth-order valence-corrected chi connectivity index (χ4v) is 0. The lowest BCUT2D eigenvalue weighted by Gasteiger charge is -1.72. The summed E-state index contributed by atoms with van der Waals surface area (Å²) in [6.45, 7) is -0.500. The first-order valence-electron chi connectivity index (χ1n) is 2.09. The second-order valence-corrected chi connectivity index (χ2v) is 0.821. The van der Waals surface area contributed by atoms with Crippen LogP contribution in [0.15, 0.2) is 0 Å². The highest BCUT2D eigenvalue weighted by Crippen LogP contribution is 1.56. The van der Waals surface area contributed by atoms with E-state index < -0.39 is 11.9 Å². The average molecular weight is 182 g/mol. The molecule has 0 aliphatic rings. The van der Waals surface area contributed by atoms with Crippen LogP contribution in [0.3, 0.4) is 0 Å². The number of aliphatic carboxylic acids is 2. The minimum atomic E-state index is -1.82. The van der Waals surface area contributed by atoms with E-state index in [4.69, 9.17) is 39.6 Å². The van der Waals surface area contributed by atoms with Crippen LogP contribution in [0.4, 0.5) is 0 Å². The molecule has 0 rings (SSSR count). The van der Waals surface area contributed by atoms with Gasteiger partial charge in [-0.15, -0.1) is 0 Å². The Morgan fingerprint density at radius 1 is 0.833 bits per heavy atom. The predicted molar refractivity (Wildman–Crippen MR) is 32.7 cm³/mol. The van der Waals surface area contributed by atoms with Crippen molar-refractivity contribution < 1.29 is 39.6 Å². The molecule has 0 aromatic rings. The number of carbonyl (C=O) groups is 4. The van der Waals surface area contributed by atoms with Crippen LogP contribution in [0.2, 0.25) is 0 Å². The van der Waals surface area contributed by atoms with Crippen molar-refractivity contribution in [2.75, 3.05) is 0 Å². The van der Waals surface area contributed by atoms with Gasteiger partial charge in [-0.1, -0.05) is 0 Å². The Hall–Kier alpha value is -2.12. The summed E-state index contributed by atoms with van der Waals surface area (Å²) in [5, 5.41) is 28.6.